The van der Waals surface area contributed by atoms with Gasteiger partial charge in [-0.05, 0) is 69.6 Å². The molecule has 0 aromatic heterocycles. The average molecular weight is 487 g/mol. The number of sulfonamides is 1. The fraction of sp³-hybridized carbons (Fsp3) is 0.462. The van der Waals surface area contributed by atoms with E-state index in [4.69, 9.17) is 0 Å². The van der Waals surface area contributed by atoms with Crippen molar-refractivity contribution in [3.63, 3.8) is 0 Å². The summed E-state index contributed by atoms with van der Waals surface area (Å²) >= 11 is 5.54. The van der Waals surface area contributed by atoms with Gasteiger partial charge in [-0.1, -0.05) is 0 Å². The van der Waals surface area contributed by atoms with Gasteiger partial charge in [-0.25, -0.2) is 12.7 Å². The van der Waals surface area contributed by atoms with E-state index in [1.165, 1.54) is 10.6 Å². The number of hydrogen-bond donors (Lipinski definition) is 1. The molecule has 1 N–H and O–H groups in total. The third-order valence-electron chi connectivity index (χ3n) is 3.43. The molecule has 1 aliphatic rings. The highest BCUT2D eigenvalue weighted by Gasteiger charge is 2.26. The maximum absolute atomic E-state index is 12.3. The summed E-state index contributed by atoms with van der Waals surface area (Å²) in [5.41, 5.74) is 0.604. The second-order valence-corrected chi connectivity index (χ2v) is 9.12. The Kier molecular flexibility index (Phi) is 5.66. The molecule has 1 saturated heterocycles. The molecule has 5 nitrogen and oxygen atoms in total. The van der Waals surface area contributed by atoms with E-state index in [1.807, 2.05) is 18.2 Å². The molecule has 1 aromatic rings. The monoisotopic (exact) mass is 486 g/mol. The van der Waals surface area contributed by atoms with Crippen LogP contribution in [0.15, 0.2) is 22.7 Å². The van der Waals surface area contributed by atoms with E-state index >= 15 is 0 Å². The van der Waals surface area contributed by atoms with Crippen molar-refractivity contribution in [3.8, 4) is 0 Å². The predicted molar refractivity (Wildman–Crippen MR) is 93.8 cm³/mol. The quantitative estimate of drug-likeness (QED) is 0.666. The minimum Gasteiger partial charge on any atom is -0.349 e. The highest BCUT2D eigenvalue weighted by atomic mass is 127. The molecule has 0 bridgehead atoms. The predicted octanol–water partition coefficient (Wildman–Crippen LogP) is 2.21. The fourth-order valence-corrected chi connectivity index (χ4v) is 4.06. The van der Waals surface area contributed by atoms with Crippen LogP contribution >= 0.6 is 38.5 Å². The van der Waals surface area contributed by atoms with Gasteiger partial charge in [-0.3, -0.25) is 4.79 Å². The number of nitrogens with one attached hydrogen (secondary N) is 1. The molecule has 1 amide bonds. The van der Waals surface area contributed by atoms with Crippen LogP contribution in [0.3, 0.4) is 0 Å². The summed E-state index contributed by atoms with van der Waals surface area (Å²) in [6.07, 6.45) is 2.50. The number of nitrogens with zero attached hydrogens (tertiary/aromatic N) is 1. The van der Waals surface area contributed by atoms with Crippen molar-refractivity contribution in [2.24, 2.45) is 0 Å². The van der Waals surface area contributed by atoms with E-state index in [0.29, 0.717) is 31.5 Å². The Balaban J connectivity index is 1.97. The molecular weight excluding hydrogens is 471 g/mol. The average Bonchev–Trinajstić information content (AvgIpc) is 2.41. The molecule has 0 atom stereocenters. The number of carbonyl (C=O) groups excluding carboxylic acids is 1. The van der Waals surface area contributed by atoms with Gasteiger partial charge in [0.15, 0.2) is 0 Å². The summed E-state index contributed by atoms with van der Waals surface area (Å²) in [5.74, 6) is -0.127. The van der Waals surface area contributed by atoms with Gasteiger partial charge in [0.1, 0.15) is 0 Å². The van der Waals surface area contributed by atoms with Crippen LogP contribution < -0.4 is 5.32 Å². The molecule has 8 heteroatoms. The molecule has 1 fully saturated rings. The summed E-state index contributed by atoms with van der Waals surface area (Å²) in [4.78, 5) is 12.3. The Morgan fingerprint density at radius 1 is 1.38 bits per heavy atom. The summed E-state index contributed by atoms with van der Waals surface area (Å²) in [7, 11) is -3.13. The SMILES string of the molecule is CS(=O)(=O)N1CCC(NC(=O)c2cc(I)ccc2Br)CC1. The zero-order chi connectivity index (χ0) is 15.6. The van der Waals surface area contributed by atoms with Crippen LogP contribution in [-0.4, -0.2) is 44.0 Å². The second kappa shape index (κ2) is 6.93. The van der Waals surface area contributed by atoms with Gasteiger partial charge in [-0.15, -0.1) is 0 Å². The first kappa shape index (κ1) is 17.2. The summed E-state index contributed by atoms with van der Waals surface area (Å²) in [5, 5.41) is 2.98. The van der Waals surface area contributed by atoms with Crippen molar-refractivity contribution < 1.29 is 13.2 Å². The number of carbonyl (C=O) groups is 1. The molecule has 1 aromatic carbocycles. The molecule has 0 unspecified atom stereocenters. The van der Waals surface area contributed by atoms with Crippen molar-refractivity contribution >= 4 is 54.5 Å². The number of halogens is 2. The molecule has 2 rings (SSSR count). The van der Waals surface area contributed by atoms with Crippen LogP contribution in [-0.2, 0) is 10.0 Å². The van der Waals surface area contributed by atoms with Crippen LogP contribution in [0, 0.1) is 3.57 Å². The van der Waals surface area contributed by atoms with Crippen LogP contribution in [0.25, 0.3) is 0 Å². The molecule has 116 valence electrons. The number of amides is 1. The van der Waals surface area contributed by atoms with Gasteiger partial charge in [0.25, 0.3) is 5.91 Å². The lowest BCUT2D eigenvalue weighted by Gasteiger charge is -2.30. The maximum atomic E-state index is 12.3. The summed E-state index contributed by atoms with van der Waals surface area (Å²) in [6.45, 7) is 0.911. The highest BCUT2D eigenvalue weighted by molar-refractivity contribution is 14.1. The van der Waals surface area contributed by atoms with Crippen LogP contribution in [0.4, 0.5) is 0 Å². The van der Waals surface area contributed by atoms with E-state index in [9.17, 15) is 13.2 Å². The summed E-state index contributed by atoms with van der Waals surface area (Å²) in [6, 6.07) is 5.61. The van der Waals surface area contributed by atoms with E-state index in [0.717, 1.165) is 8.04 Å². The lowest BCUT2D eigenvalue weighted by molar-refractivity contribution is 0.0923. The lowest BCUT2D eigenvalue weighted by Crippen LogP contribution is -2.46. The molecule has 0 saturated carbocycles. The minimum atomic E-state index is -3.13. The highest BCUT2D eigenvalue weighted by Crippen LogP contribution is 2.20. The third-order valence-corrected chi connectivity index (χ3v) is 6.10. The van der Waals surface area contributed by atoms with Crippen molar-refractivity contribution in [2.45, 2.75) is 18.9 Å². The minimum absolute atomic E-state index is 0.0141. The van der Waals surface area contributed by atoms with Crippen LogP contribution in [0.5, 0.6) is 0 Å². The van der Waals surface area contributed by atoms with Crippen LogP contribution in [0.1, 0.15) is 23.2 Å². The first-order valence-corrected chi connectivity index (χ1v) is 10.2. The Labute approximate surface area is 146 Å². The number of piperidine rings is 1. The van der Waals surface area contributed by atoms with Crippen molar-refractivity contribution in [3.05, 3.63) is 31.8 Å². The van der Waals surface area contributed by atoms with E-state index in [1.54, 1.807) is 0 Å². The Morgan fingerprint density at radius 2 is 2.00 bits per heavy atom. The smallest absolute Gasteiger partial charge is 0.252 e. The summed E-state index contributed by atoms with van der Waals surface area (Å²) < 4.78 is 26.1. The largest absolute Gasteiger partial charge is 0.349 e. The van der Waals surface area contributed by atoms with E-state index < -0.39 is 10.0 Å². The first-order chi connectivity index (χ1) is 9.77. The van der Waals surface area contributed by atoms with Gasteiger partial charge < -0.3 is 5.32 Å². The number of rotatable bonds is 3. The van der Waals surface area contributed by atoms with Gasteiger partial charge in [0.2, 0.25) is 10.0 Å². The van der Waals surface area contributed by atoms with Gasteiger partial charge in [0.05, 0.1) is 11.8 Å². The Morgan fingerprint density at radius 3 is 2.57 bits per heavy atom. The zero-order valence-electron chi connectivity index (χ0n) is 11.5. The zero-order valence-corrected chi connectivity index (χ0v) is 16.0. The molecule has 1 aliphatic heterocycles. The lowest BCUT2D eigenvalue weighted by atomic mass is 10.1. The van der Waals surface area contributed by atoms with E-state index in [-0.39, 0.29) is 11.9 Å². The normalized spacial score (nSPS) is 17.7. The molecule has 1 heterocycles. The Bertz CT molecular complexity index is 643. The van der Waals surface area contributed by atoms with Gasteiger partial charge >= 0.3 is 0 Å². The maximum Gasteiger partial charge on any atom is 0.252 e. The van der Waals surface area contributed by atoms with Crippen LogP contribution in [0.2, 0.25) is 0 Å². The van der Waals surface area contributed by atoms with Gasteiger partial charge in [-0.2, -0.15) is 0 Å². The van der Waals surface area contributed by atoms with E-state index in [2.05, 4.69) is 43.8 Å². The van der Waals surface area contributed by atoms with Crippen molar-refractivity contribution in [1.29, 1.82) is 0 Å². The van der Waals surface area contributed by atoms with Crippen molar-refractivity contribution in [2.75, 3.05) is 19.3 Å². The van der Waals surface area contributed by atoms with Crippen molar-refractivity contribution in [1.82, 2.24) is 9.62 Å². The second-order valence-electron chi connectivity index (χ2n) is 5.03. The fourth-order valence-electron chi connectivity index (χ4n) is 2.27. The van der Waals surface area contributed by atoms with Gasteiger partial charge in [0, 0.05) is 27.2 Å². The topological polar surface area (TPSA) is 66.5 Å². The third kappa shape index (κ3) is 4.64. The molecule has 21 heavy (non-hydrogen) atoms. The molecular formula is C13H16BrIN2O3S. The first-order valence-electron chi connectivity index (χ1n) is 6.48. The molecule has 0 aliphatic carbocycles. The standard InChI is InChI=1S/C13H16BrIN2O3S/c1-21(19,20)17-6-4-10(5-7-17)16-13(18)11-8-9(15)2-3-12(11)14/h2-3,8,10H,4-7H2,1H3,(H,16,18). The Hall–Kier alpha value is -0.190. The number of hydrogen-bond acceptors (Lipinski definition) is 3. The number of benzene rings is 1. The molecule has 0 radical (unpaired) electrons. The molecule has 0 spiro atoms.